The Morgan fingerprint density at radius 3 is 2.54 bits per heavy atom. The van der Waals surface area contributed by atoms with Crippen molar-refractivity contribution in [1.82, 2.24) is 0 Å². The van der Waals surface area contributed by atoms with Crippen LogP contribution >= 0.6 is 0 Å². The first-order valence-electron chi connectivity index (χ1n) is 10.8. The molecule has 4 rings (SSSR count). The SMILES string of the molecule is C[C@]12CC(=O)CCC1=CC[C@H]1[C@H]2CC(=O)[C@]2(C)[C@@H]1CC[C@]2(C#N)O[Si](C)(C)C. The quantitative estimate of drug-likeness (QED) is 0.493. The zero-order chi connectivity index (χ0) is 20.5. The fourth-order valence-corrected chi connectivity index (χ4v) is 8.58. The summed E-state index contributed by atoms with van der Waals surface area (Å²) in [6.45, 7) is 10.5. The Morgan fingerprint density at radius 2 is 1.89 bits per heavy atom. The Morgan fingerprint density at radius 1 is 1.18 bits per heavy atom. The number of hydrogen-bond donors (Lipinski definition) is 0. The average Bonchev–Trinajstić information content (AvgIpc) is 2.88. The van der Waals surface area contributed by atoms with Crippen molar-refractivity contribution in [3.8, 4) is 6.07 Å². The summed E-state index contributed by atoms with van der Waals surface area (Å²) in [6.07, 6.45) is 7.43. The maximum atomic E-state index is 13.7. The second kappa shape index (κ2) is 6.12. The van der Waals surface area contributed by atoms with Gasteiger partial charge in [0.15, 0.2) is 13.9 Å². The van der Waals surface area contributed by atoms with E-state index in [1.54, 1.807) is 0 Å². The summed E-state index contributed by atoms with van der Waals surface area (Å²) in [5.74, 6) is 1.28. The van der Waals surface area contributed by atoms with E-state index in [0.29, 0.717) is 37.4 Å². The predicted molar refractivity (Wildman–Crippen MR) is 110 cm³/mol. The highest BCUT2D eigenvalue weighted by molar-refractivity contribution is 6.69. The van der Waals surface area contributed by atoms with Gasteiger partial charge in [0.1, 0.15) is 11.6 Å². The van der Waals surface area contributed by atoms with Gasteiger partial charge in [-0.15, -0.1) is 0 Å². The lowest BCUT2D eigenvalue weighted by Crippen LogP contribution is -2.61. The largest absolute Gasteiger partial charge is 0.399 e. The Hall–Kier alpha value is -1.25. The normalized spacial score (nSPS) is 45.6. The number of carbonyl (C=O) groups is 2. The van der Waals surface area contributed by atoms with E-state index in [1.807, 2.05) is 6.92 Å². The summed E-state index contributed by atoms with van der Waals surface area (Å²) in [7, 11) is -2.00. The molecule has 0 amide bonds. The Bertz CT molecular complexity index is 806. The van der Waals surface area contributed by atoms with Crippen LogP contribution in [0.15, 0.2) is 11.6 Å². The number of ketones is 2. The molecule has 4 nitrogen and oxygen atoms in total. The van der Waals surface area contributed by atoms with E-state index in [0.717, 1.165) is 19.3 Å². The second-order valence-corrected chi connectivity index (χ2v) is 15.4. The van der Waals surface area contributed by atoms with Gasteiger partial charge in [-0.1, -0.05) is 18.6 Å². The molecule has 3 fully saturated rings. The van der Waals surface area contributed by atoms with Crippen molar-refractivity contribution in [1.29, 1.82) is 5.26 Å². The minimum atomic E-state index is -2.00. The van der Waals surface area contributed by atoms with Crippen LogP contribution in [-0.2, 0) is 14.0 Å². The van der Waals surface area contributed by atoms with Crippen molar-refractivity contribution in [2.45, 2.75) is 84.0 Å². The van der Waals surface area contributed by atoms with Crippen LogP contribution in [0.1, 0.15) is 58.8 Å². The van der Waals surface area contributed by atoms with E-state index in [-0.39, 0.29) is 23.0 Å². The summed E-state index contributed by atoms with van der Waals surface area (Å²) in [5.41, 5.74) is -0.499. The van der Waals surface area contributed by atoms with Gasteiger partial charge in [0.05, 0.1) is 11.5 Å². The molecule has 0 spiro atoms. The number of nitriles is 1. The van der Waals surface area contributed by atoms with Crippen LogP contribution in [0.25, 0.3) is 0 Å². The molecule has 4 aliphatic rings. The molecule has 0 bridgehead atoms. The molecule has 152 valence electrons. The molecule has 0 heterocycles. The Labute approximate surface area is 169 Å². The average molecular weight is 400 g/mol. The number of Topliss-reactive ketones (excluding diaryl/α,β-unsaturated/α-hetero) is 2. The van der Waals surface area contributed by atoms with Crippen LogP contribution in [-0.4, -0.2) is 25.5 Å². The van der Waals surface area contributed by atoms with Crippen LogP contribution in [0.2, 0.25) is 19.6 Å². The lowest BCUT2D eigenvalue weighted by Gasteiger charge is -2.57. The minimum absolute atomic E-state index is 0.168. The molecular formula is C23H33NO3Si. The smallest absolute Gasteiger partial charge is 0.185 e. The number of fused-ring (bicyclic) bond motifs is 5. The van der Waals surface area contributed by atoms with Crippen molar-refractivity contribution in [3.05, 3.63) is 11.6 Å². The van der Waals surface area contributed by atoms with Crippen molar-refractivity contribution in [2.24, 2.45) is 28.6 Å². The third-order valence-corrected chi connectivity index (χ3v) is 9.45. The molecule has 0 aromatic heterocycles. The van der Waals surface area contributed by atoms with Crippen LogP contribution in [0.3, 0.4) is 0 Å². The van der Waals surface area contributed by atoms with Gasteiger partial charge < -0.3 is 4.43 Å². The molecule has 0 aromatic carbocycles. The highest BCUT2D eigenvalue weighted by atomic mass is 28.4. The zero-order valence-electron chi connectivity index (χ0n) is 17.9. The Kier molecular flexibility index (Phi) is 4.38. The van der Waals surface area contributed by atoms with Gasteiger partial charge in [0.25, 0.3) is 0 Å². The summed E-state index contributed by atoms with van der Waals surface area (Å²) in [6, 6.07) is 2.49. The van der Waals surface area contributed by atoms with Gasteiger partial charge in [-0.25, -0.2) is 0 Å². The molecule has 0 aromatic rings. The molecule has 5 heteroatoms. The molecule has 0 unspecified atom stereocenters. The first-order valence-corrected chi connectivity index (χ1v) is 14.2. The van der Waals surface area contributed by atoms with Crippen LogP contribution in [0, 0.1) is 39.9 Å². The van der Waals surface area contributed by atoms with Gasteiger partial charge in [-0.2, -0.15) is 5.26 Å². The first kappa shape index (κ1) is 20.0. The lowest BCUT2D eigenvalue weighted by atomic mass is 9.46. The van der Waals surface area contributed by atoms with Crippen molar-refractivity contribution in [2.75, 3.05) is 0 Å². The maximum absolute atomic E-state index is 13.7. The highest BCUT2D eigenvalue weighted by Crippen LogP contribution is 2.66. The topological polar surface area (TPSA) is 67.2 Å². The molecule has 6 atom stereocenters. The van der Waals surface area contributed by atoms with Crippen LogP contribution < -0.4 is 0 Å². The van der Waals surface area contributed by atoms with E-state index in [9.17, 15) is 14.9 Å². The third-order valence-electron chi connectivity index (χ3n) is 8.49. The van der Waals surface area contributed by atoms with Gasteiger partial charge >= 0.3 is 0 Å². The van der Waals surface area contributed by atoms with E-state index < -0.39 is 19.3 Å². The van der Waals surface area contributed by atoms with Crippen molar-refractivity contribution >= 4 is 19.9 Å². The molecule has 3 saturated carbocycles. The molecule has 0 saturated heterocycles. The van der Waals surface area contributed by atoms with Crippen LogP contribution in [0.5, 0.6) is 0 Å². The second-order valence-electron chi connectivity index (χ2n) is 11.0. The number of rotatable bonds is 2. The fraction of sp³-hybridized carbons (Fsp3) is 0.783. The van der Waals surface area contributed by atoms with E-state index in [1.165, 1.54) is 5.57 Å². The summed E-state index contributed by atoms with van der Waals surface area (Å²) in [5, 5.41) is 10.2. The monoisotopic (exact) mass is 399 g/mol. The predicted octanol–water partition coefficient (Wildman–Crippen LogP) is 4.81. The van der Waals surface area contributed by atoms with Gasteiger partial charge in [-0.3, -0.25) is 9.59 Å². The Balaban J connectivity index is 1.76. The molecule has 0 radical (unpaired) electrons. The zero-order valence-corrected chi connectivity index (χ0v) is 18.9. The van der Waals surface area contributed by atoms with Crippen molar-refractivity contribution < 1.29 is 14.0 Å². The van der Waals surface area contributed by atoms with Crippen molar-refractivity contribution in [3.63, 3.8) is 0 Å². The minimum Gasteiger partial charge on any atom is -0.399 e. The molecular weight excluding hydrogens is 366 g/mol. The van der Waals surface area contributed by atoms with E-state index >= 15 is 0 Å². The third kappa shape index (κ3) is 2.57. The molecule has 0 aliphatic heterocycles. The number of nitrogens with zero attached hydrogens (tertiary/aromatic N) is 1. The summed E-state index contributed by atoms with van der Waals surface area (Å²) < 4.78 is 6.49. The van der Waals surface area contributed by atoms with Gasteiger partial charge in [0, 0.05) is 19.3 Å². The van der Waals surface area contributed by atoms with Gasteiger partial charge in [-0.05, 0) is 75.4 Å². The van der Waals surface area contributed by atoms with Gasteiger partial charge in [0.2, 0.25) is 0 Å². The molecule has 28 heavy (non-hydrogen) atoms. The summed E-state index contributed by atoms with van der Waals surface area (Å²) >= 11 is 0. The summed E-state index contributed by atoms with van der Waals surface area (Å²) in [4.78, 5) is 26.0. The lowest BCUT2D eigenvalue weighted by molar-refractivity contribution is -0.155. The van der Waals surface area contributed by atoms with Crippen LogP contribution in [0.4, 0.5) is 0 Å². The fourth-order valence-electron chi connectivity index (χ4n) is 7.18. The standard InChI is InChI=1S/C23H33NO3Si/c1-21-13-16(25)8-6-15(21)7-9-17-18-10-11-23(14-24,27-28(3,4)5)22(18,2)20(26)12-19(17)21/h7,17-19H,6,8-13H2,1-5H3/t17-,18-,19-,21+,22+,23-/m1/s1. The number of carbonyl (C=O) groups excluding carboxylic acids is 2. The first-order chi connectivity index (χ1) is 13.0. The number of allylic oxidation sites excluding steroid dienone is 2. The van der Waals surface area contributed by atoms with E-state index in [4.69, 9.17) is 4.43 Å². The molecule has 0 N–H and O–H groups in total. The molecule has 4 aliphatic carbocycles. The highest BCUT2D eigenvalue weighted by Gasteiger charge is 2.69. The maximum Gasteiger partial charge on any atom is 0.185 e. The van der Waals surface area contributed by atoms with E-state index in [2.05, 4.69) is 38.7 Å². The number of hydrogen-bond acceptors (Lipinski definition) is 4.